The molecule has 1 aliphatic rings. The van der Waals surface area contributed by atoms with Crippen molar-refractivity contribution in [2.24, 2.45) is 0 Å². The highest BCUT2D eigenvalue weighted by atomic mass is 27.2. The Labute approximate surface area is 155 Å². The second kappa shape index (κ2) is 7.71. The minimum absolute atomic E-state index is 0.0616. The van der Waals surface area contributed by atoms with Crippen LogP contribution >= 0.6 is 0 Å². The number of hydrogen-bond acceptors (Lipinski definition) is 4. The molecule has 0 aromatic rings. The van der Waals surface area contributed by atoms with Gasteiger partial charge in [0.2, 0.25) is 5.91 Å². The van der Waals surface area contributed by atoms with E-state index in [1.807, 2.05) is 34.6 Å². The number of nitrogens with zero attached hydrogens (tertiary/aromatic N) is 2. The predicted octanol–water partition coefficient (Wildman–Crippen LogP) is 3.29. The van der Waals surface area contributed by atoms with E-state index in [2.05, 4.69) is 6.92 Å². The van der Waals surface area contributed by atoms with E-state index in [-0.39, 0.29) is 19.7 Å². The van der Waals surface area contributed by atoms with E-state index in [1.54, 1.807) is 0 Å². The lowest BCUT2D eigenvalue weighted by molar-refractivity contribution is -0.122. The summed E-state index contributed by atoms with van der Waals surface area (Å²) in [4.78, 5) is 51.0. The minimum Gasteiger partial charge on any atom is -0.395 e. The minimum atomic E-state index is -2.93. The molecular formula is C16H28Al2N2O4. The molecular weight excluding hydrogens is 338 g/mol. The molecule has 0 unspecified atom stereocenters. The highest BCUT2D eigenvalue weighted by Gasteiger charge is 2.64. The van der Waals surface area contributed by atoms with E-state index in [1.165, 1.54) is 15.7 Å². The van der Waals surface area contributed by atoms with Gasteiger partial charge in [-0.15, -0.1) is 0 Å². The van der Waals surface area contributed by atoms with Gasteiger partial charge in [-0.2, -0.15) is 0 Å². The molecule has 0 spiro atoms. The van der Waals surface area contributed by atoms with Crippen molar-refractivity contribution in [1.29, 1.82) is 0 Å². The Morgan fingerprint density at radius 2 is 1.50 bits per heavy atom. The molecule has 0 N–H and O–H groups in total. The van der Waals surface area contributed by atoms with Crippen LogP contribution in [0.3, 0.4) is 0 Å². The third-order valence-electron chi connectivity index (χ3n) is 5.55. The second-order valence-electron chi connectivity index (χ2n) is 7.57. The fourth-order valence-electron chi connectivity index (χ4n) is 2.73. The van der Waals surface area contributed by atoms with Crippen LogP contribution in [0.2, 0.25) is 4.28 Å². The van der Waals surface area contributed by atoms with Gasteiger partial charge in [-0.3, -0.25) is 19.2 Å². The van der Waals surface area contributed by atoms with Crippen molar-refractivity contribution < 1.29 is 19.2 Å². The van der Waals surface area contributed by atoms with Gasteiger partial charge in [0.05, 0.1) is 0 Å². The molecule has 1 saturated heterocycles. The van der Waals surface area contributed by atoms with E-state index in [9.17, 15) is 19.2 Å². The number of carbonyl (C=O) groups excluding carboxylic acids is 4. The van der Waals surface area contributed by atoms with Gasteiger partial charge in [-0.25, -0.2) is 0 Å². The fourth-order valence-corrected chi connectivity index (χ4v) is 7.53. The molecule has 4 amide bonds. The Balaban J connectivity index is 3.01. The van der Waals surface area contributed by atoms with E-state index in [0.29, 0.717) is 6.42 Å². The summed E-state index contributed by atoms with van der Waals surface area (Å²) in [7, 11) is 0. The summed E-state index contributed by atoms with van der Waals surface area (Å²) in [6.45, 7) is 13.1. The summed E-state index contributed by atoms with van der Waals surface area (Å²) >= 11 is -4.16. The van der Waals surface area contributed by atoms with Crippen LogP contribution in [0.25, 0.3) is 0 Å². The van der Waals surface area contributed by atoms with E-state index < -0.39 is 39.9 Å². The van der Waals surface area contributed by atoms with Gasteiger partial charge < -0.3 is 8.78 Å². The van der Waals surface area contributed by atoms with Crippen molar-refractivity contribution in [2.75, 3.05) is 0 Å². The van der Waals surface area contributed by atoms with Crippen LogP contribution < -0.4 is 0 Å². The first-order valence-corrected chi connectivity index (χ1v) is 11.7. The Bertz CT molecular complexity index is 542. The van der Waals surface area contributed by atoms with Crippen molar-refractivity contribution in [3.63, 3.8) is 0 Å². The highest BCUT2D eigenvalue weighted by Crippen LogP contribution is 2.34. The summed E-state index contributed by atoms with van der Waals surface area (Å²) in [5, 5.41) is 0. The molecule has 0 aromatic heterocycles. The van der Waals surface area contributed by atoms with Crippen LogP contribution in [0.1, 0.15) is 67.7 Å². The normalized spacial score (nSPS) is 15.3. The number of rotatable bonds is 7. The molecule has 0 saturated carbocycles. The van der Waals surface area contributed by atoms with E-state index in [4.69, 9.17) is 0 Å². The molecule has 1 heterocycles. The first-order chi connectivity index (χ1) is 11.0. The molecule has 24 heavy (non-hydrogen) atoms. The van der Waals surface area contributed by atoms with Gasteiger partial charge >= 0.3 is 29.6 Å². The lowest BCUT2D eigenvalue weighted by atomic mass is 10.0. The van der Waals surface area contributed by atoms with E-state index in [0.717, 1.165) is 12.8 Å². The first-order valence-electron chi connectivity index (χ1n) is 8.65. The summed E-state index contributed by atoms with van der Waals surface area (Å²) in [6, 6.07) is 0. The van der Waals surface area contributed by atoms with Crippen LogP contribution in [-0.2, 0) is 4.79 Å². The molecule has 0 aliphatic carbocycles. The molecule has 0 bridgehead atoms. The maximum absolute atomic E-state index is 12.8. The van der Waals surface area contributed by atoms with Crippen LogP contribution in [0, 0.1) is 0 Å². The highest BCUT2D eigenvalue weighted by molar-refractivity contribution is 7.33. The Kier molecular flexibility index (Phi) is 6.87. The second-order valence-corrected chi connectivity index (χ2v) is 12.6. The molecule has 8 heteroatoms. The Morgan fingerprint density at radius 3 is 1.83 bits per heavy atom. The molecule has 0 radical (unpaired) electrons. The molecule has 0 aromatic carbocycles. The summed E-state index contributed by atoms with van der Waals surface area (Å²) in [5.41, 5.74) is -0.572. The summed E-state index contributed by atoms with van der Waals surface area (Å²) < 4.78 is 0.0447. The van der Waals surface area contributed by atoms with Crippen molar-refractivity contribution in [1.82, 2.24) is 8.78 Å². The van der Waals surface area contributed by atoms with Gasteiger partial charge in [0.15, 0.2) is 9.54 Å². The van der Waals surface area contributed by atoms with Crippen LogP contribution in [-0.4, -0.2) is 64.1 Å². The summed E-state index contributed by atoms with van der Waals surface area (Å²) in [5.74, 6) is -0.332. The fraction of sp³-hybridized carbons (Fsp3) is 0.750. The largest absolute Gasteiger partial charge is 0.646 e. The lowest BCUT2D eigenvalue weighted by Crippen LogP contribution is -2.74. The van der Waals surface area contributed by atoms with Crippen molar-refractivity contribution in [3.05, 3.63) is 0 Å². The number of amides is 4. The van der Waals surface area contributed by atoms with Crippen LogP contribution in [0.15, 0.2) is 0 Å². The Hall–Kier alpha value is -0.655. The van der Waals surface area contributed by atoms with Crippen molar-refractivity contribution >= 4 is 49.8 Å². The number of carbonyl (C=O) groups is 4. The van der Waals surface area contributed by atoms with E-state index >= 15 is 0 Å². The standard InChI is InChI=1S/C7H11NO2.C6H13.C3H3NO2.2Al.H/c1-4-7(2,3)8(5-9)6-10;1-4-6(3)5-2;1-3(6)4-2-5;;;/h4H2,1-3H3;4-5H2,1-3H3;1H3;;;/q;;-1;;+1;. The van der Waals surface area contributed by atoms with Gasteiger partial charge in [-0.1, -0.05) is 44.8 Å². The molecule has 1 aliphatic heterocycles. The average Bonchev–Trinajstić information content (AvgIpc) is 2.51. The molecule has 1 fully saturated rings. The maximum atomic E-state index is 12.8. The maximum Gasteiger partial charge on any atom is 0.646 e. The van der Waals surface area contributed by atoms with Crippen LogP contribution in [0.4, 0.5) is 14.4 Å². The smallest absolute Gasteiger partial charge is 0.395 e. The molecule has 132 valence electrons. The van der Waals surface area contributed by atoms with Crippen LogP contribution in [0.5, 0.6) is 0 Å². The van der Waals surface area contributed by atoms with Crippen molar-refractivity contribution in [3.8, 4) is 0 Å². The van der Waals surface area contributed by atoms with Crippen molar-refractivity contribution in [2.45, 2.75) is 77.5 Å². The quantitative estimate of drug-likeness (QED) is 0.648. The third-order valence-corrected chi connectivity index (χ3v) is 11.1. The topological polar surface area (TPSA) is 74.8 Å². The number of hydrogen-bond donors (Lipinski definition) is 0. The van der Waals surface area contributed by atoms with Gasteiger partial charge in [0, 0.05) is 12.5 Å². The Morgan fingerprint density at radius 1 is 1.04 bits per heavy atom. The monoisotopic (exact) mass is 366 g/mol. The SMILES string of the molecule is CC[C](C)(CC)[AlH][N](C(C)=O)[C](=O)[Al]1[C](=O)N(C(C)(C)CC)[C]1=O. The zero-order valence-corrected chi connectivity index (χ0v) is 18.5. The molecule has 1 rings (SSSR count). The third kappa shape index (κ3) is 3.94. The van der Waals surface area contributed by atoms with Gasteiger partial charge in [0.25, 0.3) is 0 Å². The predicted molar refractivity (Wildman–Crippen MR) is 96.8 cm³/mol. The molecule has 6 nitrogen and oxygen atoms in total. The first kappa shape index (κ1) is 21.4. The number of imide groups is 2. The summed E-state index contributed by atoms with van der Waals surface area (Å²) in [6.07, 6.45) is 2.38. The van der Waals surface area contributed by atoms with Gasteiger partial charge in [0.1, 0.15) is 4.77 Å². The lowest BCUT2D eigenvalue weighted by Gasteiger charge is -2.45. The zero-order valence-electron chi connectivity index (χ0n) is 15.9. The zero-order chi connectivity index (χ0) is 18.9. The average molecular weight is 366 g/mol. The molecule has 0 atom stereocenters. The van der Waals surface area contributed by atoms with Gasteiger partial charge in [-0.05, 0) is 20.3 Å².